The first kappa shape index (κ1) is 21.5. The lowest BCUT2D eigenvalue weighted by atomic mass is 9.79. The zero-order chi connectivity index (χ0) is 21.1. The van der Waals surface area contributed by atoms with Crippen molar-refractivity contribution in [3.05, 3.63) is 65.7 Å². The number of benzene rings is 2. The van der Waals surface area contributed by atoms with Crippen molar-refractivity contribution in [3.8, 4) is 0 Å². The lowest BCUT2D eigenvalue weighted by Gasteiger charge is -2.47. The third kappa shape index (κ3) is 4.52. The summed E-state index contributed by atoms with van der Waals surface area (Å²) in [6.07, 6.45) is 1.60. The van der Waals surface area contributed by atoms with Gasteiger partial charge in [-0.2, -0.15) is 17.8 Å². The van der Waals surface area contributed by atoms with E-state index in [2.05, 4.69) is 0 Å². The topological polar surface area (TPSA) is 66.9 Å². The van der Waals surface area contributed by atoms with Crippen molar-refractivity contribution >= 4 is 16.0 Å². The average Bonchev–Trinajstić information content (AvgIpc) is 2.74. The summed E-state index contributed by atoms with van der Waals surface area (Å²) in [4.78, 5) is 14.5. The van der Waals surface area contributed by atoms with E-state index in [4.69, 9.17) is 4.28 Å². The van der Waals surface area contributed by atoms with E-state index in [0.717, 1.165) is 11.1 Å². The maximum Gasteiger partial charge on any atom is 0.313 e. The fraction of sp³-hybridized carbons (Fsp3) is 0.409. The Labute approximate surface area is 173 Å². The molecule has 2 aromatic rings. The Kier molecular flexibility index (Phi) is 6.41. The first-order valence-electron chi connectivity index (χ1n) is 9.87. The molecule has 29 heavy (non-hydrogen) atoms. The zero-order valence-electron chi connectivity index (χ0n) is 17.2. The van der Waals surface area contributed by atoms with Gasteiger partial charge >= 0.3 is 10.1 Å². The SMILES string of the molecule is CCC(=O)N(C)C1(c2ccccc2)CCN(OS(=O)(=O)c2ccc(C)cc2)CC1. The molecule has 0 aromatic heterocycles. The van der Waals surface area contributed by atoms with Crippen molar-refractivity contribution in [1.29, 1.82) is 0 Å². The number of rotatable bonds is 6. The van der Waals surface area contributed by atoms with E-state index in [0.29, 0.717) is 32.4 Å². The van der Waals surface area contributed by atoms with Gasteiger partial charge in [0, 0.05) is 26.6 Å². The largest absolute Gasteiger partial charge is 0.336 e. The van der Waals surface area contributed by atoms with E-state index in [-0.39, 0.29) is 10.8 Å². The molecule has 0 atom stereocenters. The Balaban J connectivity index is 1.78. The summed E-state index contributed by atoms with van der Waals surface area (Å²) in [7, 11) is -2.04. The van der Waals surface area contributed by atoms with Crippen LogP contribution >= 0.6 is 0 Å². The van der Waals surface area contributed by atoms with Crippen LogP contribution in [0.25, 0.3) is 0 Å². The molecule has 1 amide bonds. The van der Waals surface area contributed by atoms with Crippen molar-refractivity contribution in [3.63, 3.8) is 0 Å². The van der Waals surface area contributed by atoms with Crippen molar-refractivity contribution in [2.75, 3.05) is 20.1 Å². The summed E-state index contributed by atoms with van der Waals surface area (Å²) in [5.41, 5.74) is 1.57. The summed E-state index contributed by atoms with van der Waals surface area (Å²) >= 11 is 0. The summed E-state index contributed by atoms with van der Waals surface area (Å²) in [6.45, 7) is 4.56. The molecule has 0 unspecified atom stereocenters. The molecule has 1 aliphatic heterocycles. The first-order valence-corrected chi connectivity index (χ1v) is 11.3. The molecule has 0 aliphatic carbocycles. The molecular weight excluding hydrogens is 388 g/mol. The van der Waals surface area contributed by atoms with Crippen LogP contribution in [-0.2, 0) is 24.7 Å². The highest BCUT2D eigenvalue weighted by molar-refractivity contribution is 7.86. The van der Waals surface area contributed by atoms with Crippen LogP contribution in [0.15, 0.2) is 59.5 Å². The fourth-order valence-electron chi connectivity index (χ4n) is 3.86. The minimum Gasteiger partial charge on any atom is -0.336 e. The molecular formula is C22H28N2O4S. The highest BCUT2D eigenvalue weighted by Gasteiger charge is 2.42. The molecule has 3 rings (SSSR count). The smallest absolute Gasteiger partial charge is 0.313 e. The number of amides is 1. The molecule has 156 valence electrons. The Bertz CT molecular complexity index is 935. The van der Waals surface area contributed by atoms with Gasteiger partial charge in [-0.05, 0) is 37.5 Å². The third-order valence-corrected chi connectivity index (χ3v) is 6.95. The molecule has 0 spiro atoms. The molecule has 0 N–H and O–H groups in total. The Morgan fingerprint density at radius 1 is 1.07 bits per heavy atom. The Morgan fingerprint density at radius 3 is 2.21 bits per heavy atom. The maximum absolute atomic E-state index is 12.6. The lowest BCUT2D eigenvalue weighted by Crippen LogP contribution is -2.53. The Hall–Kier alpha value is -2.22. The van der Waals surface area contributed by atoms with E-state index >= 15 is 0 Å². The molecule has 1 aliphatic rings. The first-order chi connectivity index (χ1) is 13.8. The standard InChI is InChI=1S/C22H28N2O4S/c1-4-21(25)23(3)22(19-8-6-5-7-9-19)14-16-24(17-15-22)28-29(26,27)20-12-10-18(2)11-13-20/h5-13H,4,14-17H2,1-3H3. The number of carbonyl (C=O) groups excluding carboxylic acids is 1. The summed E-state index contributed by atoms with van der Waals surface area (Å²) in [5, 5.41) is 1.49. The van der Waals surface area contributed by atoms with Crippen molar-refractivity contribution in [2.24, 2.45) is 0 Å². The van der Waals surface area contributed by atoms with Crippen LogP contribution in [0.4, 0.5) is 0 Å². The number of hydroxylamine groups is 2. The fourth-order valence-corrected chi connectivity index (χ4v) is 4.84. The van der Waals surface area contributed by atoms with Gasteiger partial charge in [0.1, 0.15) is 0 Å². The summed E-state index contributed by atoms with van der Waals surface area (Å²) in [6, 6.07) is 16.5. The molecule has 2 aromatic carbocycles. The predicted octanol–water partition coefficient (Wildman–Crippen LogP) is 3.48. The Morgan fingerprint density at radius 2 is 1.66 bits per heavy atom. The van der Waals surface area contributed by atoms with Gasteiger partial charge in [0.25, 0.3) is 0 Å². The van der Waals surface area contributed by atoms with E-state index in [1.54, 1.807) is 24.3 Å². The van der Waals surface area contributed by atoms with Crippen LogP contribution in [0.2, 0.25) is 0 Å². The van der Waals surface area contributed by atoms with Crippen LogP contribution in [0, 0.1) is 6.92 Å². The number of hydrogen-bond donors (Lipinski definition) is 0. The molecule has 0 bridgehead atoms. The van der Waals surface area contributed by atoms with Crippen molar-refractivity contribution < 1.29 is 17.5 Å². The highest BCUT2D eigenvalue weighted by Crippen LogP contribution is 2.39. The number of nitrogens with zero attached hydrogens (tertiary/aromatic N) is 2. The van der Waals surface area contributed by atoms with Gasteiger partial charge < -0.3 is 4.90 Å². The second-order valence-corrected chi connectivity index (χ2v) is 9.00. The van der Waals surface area contributed by atoms with Gasteiger partial charge in [-0.15, -0.1) is 0 Å². The van der Waals surface area contributed by atoms with Gasteiger partial charge in [-0.25, -0.2) is 0 Å². The normalized spacial score (nSPS) is 17.1. The van der Waals surface area contributed by atoms with Gasteiger partial charge in [-0.3, -0.25) is 4.79 Å². The number of hydrogen-bond acceptors (Lipinski definition) is 5. The minimum absolute atomic E-state index is 0.0653. The molecule has 7 heteroatoms. The van der Waals surface area contributed by atoms with Gasteiger partial charge in [0.15, 0.2) is 0 Å². The monoisotopic (exact) mass is 416 g/mol. The van der Waals surface area contributed by atoms with Gasteiger partial charge in [0.2, 0.25) is 5.91 Å². The second-order valence-electron chi connectivity index (χ2n) is 7.47. The lowest BCUT2D eigenvalue weighted by molar-refractivity contribution is -0.144. The average molecular weight is 417 g/mol. The second kappa shape index (κ2) is 8.65. The van der Waals surface area contributed by atoms with Crippen LogP contribution in [0.1, 0.15) is 37.3 Å². The molecule has 0 radical (unpaired) electrons. The number of carbonyl (C=O) groups is 1. The predicted molar refractivity (Wildman–Crippen MR) is 111 cm³/mol. The van der Waals surface area contributed by atoms with Gasteiger partial charge in [-0.1, -0.05) is 55.0 Å². The van der Waals surface area contributed by atoms with Crippen LogP contribution in [0.5, 0.6) is 0 Å². The summed E-state index contributed by atoms with van der Waals surface area (Å²) < 4.78 is 30.6. The van der Waals surface area contributed by atoms with Gasteiger partial charge in [0.05, 0.1) is 10.4 Å². The molecule has 6 nitrogen and oxygen atoms in total. The van der Waals surface area contributed by atoms with E-state index in [1.807, 2.05) is 56.1 Å². The van der Waals surface area contributed by atoms with Crippen molar-refractivity contribution in [1.82, 2.24) is 9.96 Å². The third-order valence-electron chi connectivity index (χ3n) is 5.69. The maximum atomic E-state index is 12.6. The quantitative estimate of drug-likeness (QED) is 0.721. The van der Waals surface area contributed by atoms with Crippen molar-refractivity contribution in [2.45, 2.75) is 43.5 Å². The van der Waals surface area contributed by atoms with E-state index < -0.39 is 15.7 Å². The number of piperidine rings is 1. The van der Waals surface area contributed by atoms with Crippen LogP contribution < -0.4 is 0 Å². The minimum atomic E-state index is -3.87. The zero-order valence-corrected chi connectivity index (χ0v) is 18.0. The van der Waals surface area contributed by atoms with Crippen LogP contribution in [0.3, 0.4) is 0 Å². The molecule has 1 saturated heterocycles. The molecule has 0 saturated carbocycles. The highest BCUT2D eigenvalue weighted by atomic mass is 32.2. The number of aryl methyl sites for hydroxylation is 1. The van der Waals surface area contributed by atoms with E-state index in [1.165, 1.54) is 5.06 Å². The van der Waals surface area contributed by atoms with Crippen LogP contribution in [-0.4, -0.2) is 44.4 Å². The van der Waals surface area contributed by atoms with E-state index in [9.17, 15) is 13.2 Å². The molecule has 1 fully saturated rings. The summed E-state index contributed by atoms with van der Waals surface area (Å²) in [5.74, 6) is 0.0653. The molecule has 1 heterocycles.